The average molecular weight is 356 g/mol. The minimum absolute atomic E-state index is 0.0346. The van der Waals surface area contributed by atoms with Gasteiger partial charge in [0.25, 0.3) is 5.91 Å². The Morgan fingerprint density at radius 2 is 1.87 bits per heavy atom. The van der Waals surface area contributed by atoms with Crippen molar-refractivity contribution in [3.8, 4) is 5.75 Å². The van der Waals surface area contributed by atoms with Gasteiger partial charge in [-0.3, -0.25) is 4.79 Å². The van der Waals surface area contributed by atoms with E-state index in [1.807, 2.05) is 0 Å². The minimum atomic E-state index is -0.847. The summed E-state index contributed by atoms with van der Waals surface area (Å²) in [4.78, 5) is 12.2. The third-order valence-corrected chi connectivity index (χ3v) is 3.86. The van der Waals surface area contributed by atoms with Gasteiger partial charge in [-0.25, -0.2) is 4.39 Å². The fraction of sp³-hybridized carbons (Fsp3) is 0.235. The number of benzene rings is 2. The molecule has 0 bridgehead atoms. The zero-order valence-corrected chi connectivity index (χ0v) is 14.2. The molecule has 0 aliphatic carbocycles. The van der Waals surface area contributed by atoms with Crippen molar-refractivity contribution in [1.82, 2.24) is 5.32 Å². The van der Waals surface area contributed by atoms with Crippen LogP contribution in [0.3, 0.4) is 0 Å². The van der Waals surface area contributed by atoms with Crippen molar-refractivity contribution in [3.63, 3.8) is 0 Å². The summed E-state index contributed by atoms with van der Waals surface area (Å²) < 4.78 is 18.9. The second-order valence-corrected chi connectivity index (χ2v) is 5.93. The highest BCUT2D eigenvalue weighted by atomic mass is 35.5. The van der Waals surface area contributed by atoms with Gasteiger partial charge in [-0.15, -0.1) is 0 Å². The van der Waals surface area contributed by atoms with Crippen LogP contribution in [0.5, 0.6) is 5.75 Å². The van der Waals surface area contributed by atoms with Crippen molar-refractivity contribution in [2.75, 3.05) is 0 Å². The molecule has 2 unspecified atom stereocenters. The van der Waals surface area contributed by atoms with E-state index in [0.717, 1.165) is 5.56 Å². The molecule has 6 heteroatoms. The highest BCUT2D eigenvalue weighted by Gasteiger charge is 2.20. The lowest BCUT2D eigenvalue weighted by atomic mass is 10.1. The van der Waals surface area contributed by atoms with Gasteiger partial charge in [0.05, 0.1) is 6.04 Å². The van der Waals surface area contributed by atoms with E-state index in [1.54, 1.807) is 44.2 Å². The van der Waals surface area contributed by atoms with Gasteiger partial charge in [0.15, 0.2) is 17.7 Å². The summed E-state index contributed by atoms with van der Waals surface area (Å²) in [6.07, 6.45) is -0.847. The first kappa shape index (κ1) is 17.6. The summed E-state index contributed by atoms with van der Waals surface area (Å²) in [7, 11) is 0. The number of carbonyl (C=O) groups excluding carboxylic acids is 1. The van der Waals surface area contributed by atoms with Crippen LogP contribution >= 0.6 is 23.2 Å². The van der Waals surface area contributed by atoms with Gasteiger partial charge in [-0.2, -0.15) is 0 Å². The zero-order valence-electron chi connectivity index (χ0n) is 12.6. The molecule has 122 valence electrons. The van der Waals surface area contributed by atoms with Crippen LogP contribution in [0.1, 0.15) is 25.5 Å². The predicted molar refractivity (Wildman–Crippen MR) is 89.5 cm³/mol. The van der Waals surface area contributed by atoms with Gasteiger partial charge in [0, 0.05) is 10.0 Å². The highest BCUT2D eigenvalue weighted by Crippen LogP contribution is 2.26. The maximum absolute atomic E-state index is 13.5. The Morgan fingerprint density at radius 3 is 2.52 bits per heavy atom. The first-order valence-corrected chi connectivity index (χ1v) is 7.80. The van der Waals surface area contributed by atoms with Gasteiger partial charge in [-0.05, 0) is 43.7 Å². The topological polar surface area (TPSA) is 38.3 Å². The lowest BCUT2D eigenvalue weighted by molar-refractivity contribution is -0.128. The molecule has 0 saturated carbocycles. The monoisotopic (exact) mass is 355 g/mol. The Morgan fingerprint density at radius 1 is 1.17 bits per heavy atom. The number of nitrogens with one attached hydrogen (secondary N) is 1. The summed E-state index contributed by atoms with van der Waals surface area (Å²) in [5.74, 6) is -0.847. The molecule has 0 heterocycles. The normalized spacial score (nSPS) is 13.3. The van der Waals surface area contributed by atoms with Gasteiger partial charge < -0.3 is 10.1 Å². The standard InChI is InChI=1S/C17H16Cl2FNO2/c1-10(13-8-7-12(18)9-14(13)19)21-17(22)11(2)23-16-6-4-3-5-15(16)20/h3-11H,1-2H3,(H,21,22). The zero-order chi connectivity index (χ0) is 17.0. The molecule has 2 rings (SSSR count). The maximum Gasteiger partial charge on any atom is 0.261 e. The largest absolute Gasteiger partial charge is 0.478 e. The molecule has 1 amide bonds. The van der Waals surface area contributed by atoms with Crippen molar-refractivity contribution < 1.29 is 13.9 Å². The molecule has 0 radical (unpaired) electrons. The number of halogens is 3. The van der Waals surface area contributed by atoms with Crippen molar-refractivity contribution in [2.24, 2.45) is 0 Å². The number of carbonyl (C=O) groups is 1. The molecule has 0 aliphatic rings. The first-order chi connectivity index (χ1) is 10.9. The summed E-state index contributed by atoms with van der Waals surface area (Å²) in [6, 6.07) is 10.7. The molecule has 3 nitrogen and oxygen atoms in total. The summed E-state index contributed by atoms with van der Waals surface area (Å²) in [5, 5.41) is 3.77. The van der Waals surface area contributed by atoms with Gasteiger partial charge >= 0.3 is 0 Å². The lowest BCUT2D eigenvalue weighted by Gasteiger charge is -2.20. The quantitative estimate of drug-likeness (QED) is 0.838. The smallest absolute Gasteiger partial charge is 0.261 e. The Balaban J connectivity index is 2.01. The fourth-order valence-corrected chi connectivity index (χ4v) is 2.62. The fourth-order valence-electron chi connectivity index (χ4n) is 2.05. The first-order valence-electron chi connectivity index (χ1n) is 7.05. The molecule has 23 heavy (non-hydrogen) atoms. The molecule has 0 fully saturated rings. The van der Waals surface area contributed by atoms with E-state index in [2.05, 4.69) is 5.32 Å². The van der Waals surface area contributed by atoms with Crippen LogP contribution in [0.25, 0.3) is 0 Å². The van der Waals surface area contributed by atoms with Crippen LogP contribution in [0.4, 0.5) is 4.39 Å². The van der Waals surface area contributed by atoms with E-state index in [9.17, 15) is 9.18 Å². The van der Waals surface area contributed by atoms with E-state index in [1.165, 1.54) is 12.1 Å². The number of amides is 1. The van der Waals surface area contributed by atoms with Crippen LogP contribution < -0.4 is 10.1 Å². The van der Waals surface area contributed by atoms with Gasteiger partial charge in [-0.1, -0.05) is 41.4 Å². The van der Waals surface area contributed by atoms with E-state index >= 15 is 0 Å². The second kappa shape index (κ2) is 7.66. The Labute approximate surface area is 144 Å². The van der Waals surface area contributed by atoms with Crippen LogP contribution in [-0.2, 0) is 4.79 Å². The van der Waals surface area contributed by atoms with Crippen molar-refractivity contribution in [1.29, 1.82) is 0 Å². The predicted octanol–water partition coefficient (Wildman–Crippen LogP) is 4.78. The summed E-state index contributed by atoms with van der Waals surface area (Å²) in [6.45, 7) is 3.35. The molecule has 2 aromatic carbocycles. The molecule has 2 atom stereocenters. The Hall–Kier alpha value is -1.78. The highest BCUT2D eigenvalue weighted by molar-refractivity contribution is 6.35. The second-order valence-electron chi connectivity index (χ2n) is 5.09. The van der Waals surface area contributed by atoms with E-state index < -0.39 is 11.9 Å². The molecular formula is C17H16Cl2FNO2. The SMILES string of the molecule is CC(Oc1ccccc1F)C(=O)NC(C)c1ccc(Cl)cc1Cl. The molecule has 2 aromatic rings. The number of para-hydroxylation sites is 1. The average Bonchev–Trinajstić information content (AvgIpc) is 2.49. The number of hydrogen-bond donors (Lipinski definition) is 1. The number of rotatable bonds is 5. The minimum Gasteiger partial charge on any atom is -0.478 e. The lowest BCUT2D eigenvalue weighted by Crippen LogP contribution is -2.38. The number of hydrogen-bond acceptors (Lipinski definition) is 2. The van der Waals surface area contributed by atoms with E-state index in [0.29, 0.717) is 10.0 Å². The maximum atomic E-state index is 13.5. The molecule has 0 spiro atoms. The van der Waals surface area contributed by atoms with Crippen molar-refractivity contribution >= 4 is 29.1 Å². The van der Waals surface area contributed by atoms with Crippen LogP contribution in [0.15, 0.2) is 42.5 Å². The van der Waals surface area contributed by atoms with Crippen molar-refractivity contribution in [2.45, 2.75) is 26.0 Å². The third kappa shape index (κ3) is 4.60. The van der Waals surface area contributed by atoms with Crippen LogP contribution in [0.2, 0.25) is 10.0 Å². The van der Waals surface area contributed by atoms with Crippen LogP contribution in [0, 0.1) is 5.82 Å². The molecule has 0 saturated heterocycles. The van der Waals surface area contributed by atoms with E-state index in [4.69, 9.17) is 27.9 Å². The van der Waals surface area contributed by atoms with Gasteiger partial charge in [0.1, 0.15) is 0 Å². The summed E-state index contributed by atoms with van der Waals surface area (Å²) >= 11 is 12.0. The molecule has 0 aliphatic heterocycles. The van der Waals surface area contributed by atoms with Crippen molar-refractivity contribution in [3.05, 3.63) is 63.9 Å². The third-order valence-electron chi connectivity index (χ3n) is 3.30. The Kier molecular flexibility index (Phi) is 5.85. The molecular weight excluding hydrogens is 340 g/mol. The Bertz CT molecular complexity index is 709. The van der Waals surface area contributed by atoms with E-state index in [-0.39, 0.29) is 17.7 Å². The molecule has 1 N–H and O–H groups in total. The summed E-state index contributed by atoms with van der Waals surface area (Å²) in [5.41, 5.74) is 0.738. The molecule has 0 aromatic heterocycles. The number of ether oxygens (including phenoxy) is 1. The van der Waals surface area contributed by atoms with Gasteiger partial charge in [0.2, 0.25) is 0 Å². The van der Waals surface area contributed by atoms with Crippen LogP contribution in [-0.4, -0.2) is 12.0 Å².